The van der Waals surface area contributed by atoms with Gasteiger partial charge in [0.25, 0.3) is 0 Å². The molecule has 1 aliphatic rings. The molecule has 39 heavy (non-hydrogen) atoms. The van der Waals surface area contributed by atoms with Crippen LogP contribution in [0.3, 0.4) is 0 Å². The number of rotatable bonds is 10. The molecule has 1 rings (SSSR count). The number of esters is 1. The van der Waals surface area contributed by atoms with E-state index >= 15 is 0 Å². The third kappa shape index (κ3) is 12.8. The van der Waals surface area contributed by atoms with Gasteiger partial charge >= 0.3 is 5.97 Å². The summed E-state index contributed by atoms with van der Waals surface area (Å²) in [5.41, 5.74) is 1.44. The van der Waals surface area contributed by atoms with Crippen molar-refractivity contribution in [2.24, 2.45) is 23.7 Å². The molecular weight excluding hydrogens is 492 g/mol. The third-order valence-corrected chi connectivity index (χ3v) is 7.94. The predicted octanol–water partition coefficient (Wildman–Crippen LogP) is 6.09. The second kappa shape index (κ2) is 18.4. The minimum Gasteiger partial charge on any atom is -0.458 e. The van der Waals surface area contributed by atoms with Gasteiger partial charge in [-0.3, -0.25) is 0 Å². The van der Waals surface area contributed by atoms with Gasteiger partial charge in [0.05, 0.1) is 24.4 Å². The standard InChI is InChI=1S/C33H54O6/c1-22-20-24(3)29(34)17-12-10-9-11-13-19-31(39-33(37)25(4)21-22)23(2)16-14-15-18-30(35)27(6)32(36)26(5)28(7)38-8/h11-15,17,20-21,23-24,26-32,34-36H,9-10,16,18-19H2,1-8H3/b13-11+,15-14+,17-12+,22-20+,25-21+/t23-,24+,26+,27+,28-,29+,30-,31-,32-/m0/s1. The van der Waals surface area contributed by atoms with Gasteiger partial charge in [0, 0.05) is 36.9 Å². The molecular formula is C33H54O6. The molecule has 6 nitrogen and oxygen atoms in total. The van der Waals surface area contributed by atoms with E-state index in [2.05, 4.69) is 19.1 Å². The number of aliphatic hydroxyl groups is 3. The lowest BCUT2D eigenvalue weighted by atomic mass is 9.85. The fourth-order valence-corrected chi connectivity index (χ4v) is 4.65. The van der Waals surface area contributed by atoms with Gasteiger partial charge in [-0.15, -0.1) is 0 Å². The fourth-order valence-electron chi connectivity index (χ4n) is 4.65. The Bertz CT molecular complexity index is 869. The first kappa shape index (κ1) is 35.0. The Morgan fingerprint density at radius 2 is 1.67 bits per heavy atom. The van der Waals surface area contributed by atoms with Gasteiger partial charge in [0.15, 0.2) is 0 Å². The molecule has 0 aromatic rings. The van der Waals surface area contributed by atoms with Gasteiger partial charge in [-0.05, 0) is 58.4 Å². The Hall–Kier alpha value is -1.99. The molecule has 1 heterocycles. The molecule has 3 N–H and O–H groups in total. The first-order chi connectivity index (χ1) is 18.4. The normalized spacial score (nSPS) is 31.1. The summed E-state index contributed by atoms with van der Waals surface area (Å²) in [6, 6.07) is 0. The van der Waals surface area contributed by atoms with Crippen LogP contribution in [0.1, 0.15) is 80.6 Å². The second-order valence-corrected chi connectivity index (χ2v) is 11.4. The monoisotopic (exact) mass is 546 g/mol. The maximum absolute atomic E-state index is 12.9. The van der Waals surface area contributed by atoms with Gasteiger partial charge < -0.3 is 24.8 Å². The van der Waals surface area contributed by atoms with Crippen LogP contribution in [0.15, 0.2) is 59.8 Å². The zero-order valence-corrected chi connectivity index (χ0v) is 25.4. The highest BCUT2D eigenvalue weighted by molar-refractivity contribution is 5.88. The van der Waals surface area contributed by atoms with Gasteiger partial charge in [-0.2, -0.15) is 0 Å². The highest BCUT2D eigenvalue weighted by Gasteiger charge is 2.29. The maximum atomic E-state index is 12.9. The molecule has 0 radical (unpaired) electrons. The van der Waals surface area contributed by atoms with Crippen LogP contribution in [-0.4, -0.2) is 58.9 Å². The van der Waals surface area contributed by atoms with E-state index in [0.29, 0.717) is 24.8 Å². The second-order valence-electron chi connectivity index (χ2n) is 11.4. The van der Waals surface area contributed by atoms with Crippen LogP contribution in [0.2, 0.25) is 0 Å². The summed E-state index contributed by atoms with van der Waals surface area (Å²) in [5, 5.41) is 31.6. The van der Waals surface area contributed by atoms with E-state index in [1.54, 1.807) is 14.0 Å². The van der Waals surface area contributed by atoms with Crippen molar-refractivity contribution >= 4 is 5.97 Å². The van der Waals surface area contributed by atoms with Crippen LogP contribution < -0.4 is 0 Å². The van der Waals surface area contributed by atoms with Crippen LogP contribution in [0, 0.1) is 23.7 Å². The number of carbonyl (C=O) groups is 1. The molecule has 0 saturated heterocycles. The molecule has 0 bridgehead atoms. The molecule has 1 aliphatic heterocycles. The van der Waals surface area contributed by atoms with E-state index in [-0.39, 0.29) is 41.8 Å². The van der Waals surface area contributed by atoms with Crippen molar-refractivity contribution in [2.75, 3.05) is 7.11 Å². The number of allylic oxidation sites excluding steroid dienone is 5. The van der Waals surface area contributed by atoms with Crippen LogP contribution in [0.5, 0.6) is 0 Å². The van der Waals surface area contributed by atoms with Crippen molar-refractivity contribution in [1.29, 1.82) is 0 Å². The molecule has 6 heteroatoms. The molecule has 0 aliphatic carbocycles. The number of cyclic esters (lactones) is 1. The number of hydrogen-bond donors (Lipinski definition) is 3. The first-order valence-electron chi connectivity index (χ1n) is 14.5. The summed E-state index contributed by atoms with van der Waals surface area (Å²) in [4.78, 5) is 12.9. The maximum Gasteiger partial charge on any atom is 0.334 e. The van der Waals surface area contributed by atoms with Gasteiger partial charge in [0.1, 0.15) is 6.10 Å². The Kier molecular flexibility index (Phi) is 16.5. The number of aliphatic hydroxyl groups excluding tert-OH is 3. The molecule has 0 aromatic heterocycles. The fraction of sp³-hybridized carbons (Fsp3) is 0.667. The van der Waals surface area contributed by atoms with Crippen molar-refractivity contribution in [2.45, 2.75) is 111 Å². The molecule has 0 fully saturated rings. The Labute approximate surface area is 237 Å². The van der Waals surface area contributed by atoms with E-state index in [9.17, 15) is 20.1 Å². The summed E-state index contributed by atoms with van der Waals surface area (Å²) < 4.78 is 11.3. The topological polar surface area (TPSA) is 96.2 Å². The van der Waals surface area contributed by atoms with Crippen molar-refractivity contribution in [3.05, 3.63) is 59.8 Å². The minimum absolute atomic E-state index is 0.0635. The van der Waals surface area contributed by atoms with E-state index in [0.717, 1.165) is 18.4 Å². The zero-order valence-electron chi connectivity index (χ0n) is 25.4. The summed E-state index contributed by atoms with van der Waals surface area (Å²) in [5.74, 6) is -0.692. The van der Waals surface area contributed by atoms with Crippen LogP contribution >= 0.6 is 0 Å². The van der Waals surface area contributed by atoms with E-state index < -0.39 is 18.3 Å². The molecule has 0 aromatic carbocycles. The summed E-state index contributed by atoms with van der Waals surface area (Å²) >= 11 is 0. The van der Waals surface area contributed by atoms with Gasteiger partial charge in [-0.1, -0.05) is 75.8 Å². The van der Waals surface area contributed by atoms with Gasteiger partial charge in [0.2, 0.25) is 0 Å². The first-order valence-corrected chi connectivity index (χ1v) is 14.5. The van der Waals surface area contributed by atoms with E-state index in [1.165, 1.54) is 0 Å². The predicted molar refractivity (Wildman–Crippen MR) is 159 cm³/mol. The minimum atomic E-state index is -0.663. The van der Waals surface area contributed by atoms with Crippen LogP contribution in [0.25, 0.3) is 0 Å². The summed E-state index contributed by atoms with van der Waals surface area (Å²) in [7, 11) is 1.62. The summed E-state index contributed by atoms with van der Waals surface area (Å²) in [6.07, 6.45) is 17.0. The van der Waals surface area contributed by atoms with Crippen molar-refractivity contribution in [3.63, 3.8) is 0 Å². The quantitative estimate of drug-likeness (QED) is 0.227. The average molecular weight is 547 g/mol. The highest BCUT2D eigenvalue weighted by Crippen LogP contribution is 2.24. The van der Waals surface area contributed by atoms with Crippen LogP contribution in [-0.2, 0) is 14.3 Å². The number of methoxy groups -OCH3 is 1. The molecule has 9 atom stereocenters. The molecule has 0 unspecified atom stereocenters. The number of ether oxygens (including phenoxy) is 2. The van der Waals surface area contributed by atoms with Gasteiger partial charge in [-0.25, -0.2) is 4.79 Å². The lowest BCUT2D eigenvalue weighted by Gasteiger charge is -2.31. The van der Waals surface area contributed by atoms with E-state index in [4.69, 9.17) is 9.47 Å². The molecule has 0 amide bonds. The van der Waals surface area contributed by atoms with Crippen molar-refractivity contribution < 1.29 is 29.6 Å². The number of carbonyl (C=O) groups excluding carboxylic acids is 1. The Morgan fingerprint density at radius 3 is 2.33 bits per heavy atom. The van der Waals surface area contributed by atoms with Crippen molar-refractivity contribution in [3.8, 4) is 0 Å². The van der Waals surface area contributed by atoms with Crippen LogP contribution in [0.4, 0.5) is 0 Å². The molecule has 222 valence electrons. The molecule has 0 spiro atoms. The lowest BCUT2D eigenvalue weighted by Crippen LogP contribution is -2.38. The zero-order chi connectivity index (χ0) is 29.5. The molecule has 0 saturated carbocycles. The third-order valence-electron chi connectivity index (χ3n) is 7.94. The smallest absolute Gasteiger partial charge is 0.334 e. The summed E-state index contributed by atoms with van der Waals surface area (Å²) in [6.45, 7) is 13.4. The SMILES string of the molecule is CO[C@@H](C)[C@@H](C)[C@H](O)[C@H](C)[C@@H](O)C/C=C/C[C@H](C)[C@@H]1C/C=C/CC/C=C/[C@@H](O)[C@H](C)/C=C(C)/C=C(\C)C(=O)O1. The Morgan fingerprint density at radius 1 is 1.03 bits per heavy atom. The Balaban J connectivity index is 2.86. The average Bonchev–Trinajstić information content (AvgIpc) is 2.90. The van der Waals surface area contributed by atoms with E-state index in [1.807, 2.05) is 71.1 Å². The largest absolute Gasteiger partial charge is 0.458 e. The number of hydrogen-bond acceptors (Lipinski definition) is 6. The highest BCUT2D eigenvalue weighted by atomic mass is 16.5. The lowest BCUT2D eigenvalue weighted by molar-refractivity contribution is -0.146. The van der Waals surface area contributed by atoms with Crippen molar-refractivity contribution in [1.82, 2.24) is 0 Å².